The lowest BCUT2D eigenvalue weighted by atomic mass is 9.96. The van der Waals surface area contributed by atoms with E-state index in [-0.39, 0.29) is 11.9 Å². The normalized spacial score (nSPS) is 12.0. The largest absolute Gasteiger partial charge is 0.497 e. The van der Waals surface area contributed by atoms with E-state index >= 15 is 0 Å². The zero-order valence-corrected chi connectivity index (χ0v) is 15.3. The number of halogens is 1. The number of ether oxygens (including phenoxy) is 1. The summed E-state index contributed by atoms with van der Waals surface area (Å²) in [5.74, 6) is 1.24. The van der Waals surface area contributed by atoms with Gasteiger partial charge in [0.15, 0.2) is 0 Å². The predicted molar refractivity (Wildman–Crippen MR) is 96.8 cm³/mol. The highest BCUT2D eigenvalue weighted by Gasteiger charge is 2.17. The maximum atomic E-state index is 12.5. The highest BCUT2D eigenvalue weighted by molar-refractivity contribution is 9.10. The zero-order valence-electron chi connectivity index (χ0n) is 13.7. The van der Waals surface area contributed by atoms with Gasteiger partial charge in [0.2, 0.25) is 0 Å². The number of methoxy groups -OCH3 is 1. The fourth-order valence-electron chi connectivity index (χ4n) is 2.43. The van der Waals surface area contributed by atoms with E-state index < -0.39 is 0 Å². The van der Waals surface area contributed by atoms with Crippen molar-refractivity contribution in [2.24, 2.45) is 5.92 Å². The number of hydrogen-bond donors (Lipinski definition) is 1. The number of amides is 1. The molecule has 0 fully saturated rings. The quantitative estimate of drug-likeness (QED) is 0.773. The van der Waals surface area contributed by atoms with Crippen LogP contribution in [0.3, 0.4) is 0 Å². The molecule has 1 N–H and O–H groups in total. The summed E-state index contributed by atoms with van der Waals surface area (Å²) < 4.78 is 6.16. The highest BCUT2D eigenvalue weighted by atomic mass is 79.9. The molecule has 0 aliphatic rings. The van der Waals surface area contributed by atoms with Gasteiger partial charge < -0.3 is 10.1 Å². The Kier molecular flexibility index (Phi) is 6.22. The molecule has 122 valence electrons. The van der Waals surface area contributed by atoms with Gasteiger partial charge in [-0.3, -0.25) is 4.79 Å². The molecule has 2 rings (SSSR count). The van der Waals surface area contributed by atoms with Crippen molar-refractivity contribution in [3.05, 3.63) is 64.1 Å². The molecule has 2 aromatic carbocycles. The third-order valence-corrected chi connectivity index (χ3v) is 4.17. The second kappa shape index (κ2) is 8.16. The highest BCUT2D eigenvalue weighted by Crippen LogP contribution is 2.24. The SMILES string of the molecule is COc1ccc(C(CC(C)C)NC(=O)c2ccc(Br)cc2)cc1. The number of carbonyl (C=O) groups excluding carboxylic acids is 1. The minimum absolute atomic E-state index is 0.0166. The Labute approximate surface area is 146 Å². The molecule has 0 aliphatic heterocycles. The summed E-state index contributed by atoms with van der Waals surface area (Å²) in [6.45, 7) is 4.31. The van der Waals surface area contributed by atoms with Crippen molar-refractivity contribution >= 4 is 21.8 Å². The lowest BCUT2D eigenvalue weighted by Crippen LogP contribution is -2.29. The lowest BCUT2D eigenvalue weighted by Gasteiger charge is -2.21. The molecule has 0 bridgehead atoms. The Hall–Kier alpha value is -1.81. The van der Waals surface area contributed by atoms with Gasteiger partial charge in [-0.15, -0.1) is 0 Å². The number of carbonyl (C=O) groups is 1. The van der Waals surface area contributed by atoms with Crippen molar-refractivity contribution < 1.29 is 9.53 Å². The summed E-state index contributed by atoms with van der Waals surface area (Å²) >= 11 is 3.38. The average Bonchev–Trinajstić information content (AvgIpc) is 2.54. The van der Waals surface area contributed by atoms with Gasteiger partial charge in [0.1, 0.15) is 5.75 Å². The van der Waals surface area contributed by atoms with Crippen LogP contribution < -0.4 is 10.1 Å². The molecule has 23 heavy (non-hydrogen) atoms. The van der Waals surface area contributed by atoms with E-state index in [1.807, 2.05) is 48.5 Å². The minimum atomic E-state index is -0.0565. The first-order valence-corrected chi connectivity index (χ1v) is 8.49. The molecular formula is C19H22BrNO2. The first-order valence-electron chi connectivity index (χ1n) is 7.70. The van der Waals surface area contributed by atoms with Crippen LogP contribution in [-0.2, 0) is 0 Å². The second-order valence-electron chi connectivity index (χ2n) is 5.94. The van der Waals surface area contributed by atoms with Gasteiger partial charge in [0.05, 0.1) is 13.2 Å². The summed E-state index contributed by atoms with van der Waals surface area (Å²) in [5, 5.41) is 3.14. The van der Waals surface area contributed by atoms with Crippen molar-refractivity contribution in [1.82, 2.24) is 5.32 Å². The lowest BCUT2D eigenvalue weighted by molar-refractivity contribution is 0.0932. The van der Waals surface area contributed by atoms with Crippen molar-refractivity contribution in [2.75, 3.05) is 7.11 Å². The summed E-state index contributed by atoms with van der Waals surface area (Å²) in [6.07, 6.45) is 0.884. The smallest absolute Gasteiger partial charge is 0.251 e. The number of rotatable bonds is 6. The minimum Gasteiger partial charge on any atom is -0.497 e. The van der Waals surface area contributed by atoms with Crippen molar-refractivity contribution in [3.63, 3.8) is 0 Å². The first kappa shape index (κ1) is 17.5. The maximum absolute atomic E-state index is 12.5. The van der Waals surface area contributed by atoms with Crippen LogP contribution in [0.25, 0.3) is 0 Å². The molecule has 0 saturated carbocycles. The van der Waals surface area contributed by atoms with Crippen LogP contribution in [0.5, 0.6) is 5.75 Å². The average molecular weight is 376 g/mol. The molecule has 2 aromatic rings. The number of benzene rings is 2. The predicted octanol–water partition coefficient (Wildman–Crippen LogP) is 4.97. The van der Waals surface area contributed by atoms with Gasteiger partial charge in [-0.2, -0.15) is 0 Å². The first-order chi connectivity index (χ1) is 11.0. The zero-order chi connectivity index (χ0) is 16.8. The van der Waals surface area contributed by atoms with Crippen LogP contribution >= 0.6 is 15.9 Å². The molecule has 0 saturated heterocycles. The van der Waals surface area contributed by atoms with Crippen LogP contribution in [0.15, 0.2) is 53.0 Å². The van der Waals surface area contributed by atoms with E-state index in [1.165, 1.54) is 0 Å². The van der Waals surface area contributed by atoms with Crippen molar-refractivity contribution in [1.29, 1.82) is 0 Å². The molecule has 0 spiro atoms. The van der Waals surface area contributed by atoms with E-state index in [4.69, 9.17) is 4.74 Å². The second-order valence-corrected chi connectivity index (χ2v) is 6.85. The molecule has 3 nitrogen and oxygen atoms in total. The maximum Gasteiger partial charge on any atom is 0.251 e. The van der Waals surface area contributed by atoms with E-state index in [0.29, 0.717) is 11.5 Å². The van der Waals surface area contributed by atoms with E-state index in [1.54, 1.807) is 7.11 Å². The molecule has 1 amide bonds. The molecule has 0 aliphatic carbocycles. The van der Waals surface area contributed by atoms with Crippen LogP contribution in [0.2, 0.25) is 0 Å². The molecule has 0 heterocycles. The van der Waals surface area contributed by atoms with Crippen LogP contribution in [0, 0.1) is 5.92 Å². The van der Waals surface area contributed by atoms with E-state index in [9.17, 15) is 4.79 Å². The molecule has 1 unspecified atom stereocenters. The Morgan fingerprint density at radius 2 is 1.70 bits per heavy atom. The van der Waals surface area contributed by atoms with Crippen molar-refractivity contribution in [2.45, 2.75) is 26.3 Å². The van der Waals surface area contributed by atoms with E-state index in [0.717, 1.165) is 22.2 Å². The van der Waals surface area contributed by atoms with Gasteiger partial charge in [0, 0.05) is 10.0 Å². The summed E-state index contributed by atoms with van der Waals surface area (Å²) in [7, 11) is 1.65. The van der Waals surface area contributed by atoms with Crippen LogP contribution in [0.4, 0.5) is 0 Å². The summed E-state index contributed by atoms with van der Waals surface area (Å²) in [5.41, 5.74) is 1.75. The topological polar surface area (TPSA) is 38.3 Å². The molecule has 4 heteroatoms. The Balaban J connectivity index is 2.17. The van der Waals surface area contributed by atoms with Gasteiger partial charge in [-0.05, 0) is 54.3 Å². The summed E-state index contributed by atoms with van der Waals surface area (Å²) in [6, 6.07) is 15.2. The Morgan fingerprint density at radius 1 is 1.09 bits per heavy atom. The standard InChI is InChI=1S/C19H22BrNO2/c1-13(2)12-18(14-6-10-17(23-3)11-7-14)21-19(22)15-4-8-16(20)9-5-15/h4-11,13,18H,12H2,1-3H3,(H,21,22). The van der Waals surface area contributed by atoms with E-state index in [2.05, 4.69) is 35.1 Å². The number of nitrogens with one attached hydrogen (secondary N) is 1. The fourth-order valence-corrected chi connectivity index (χ4v) is 2.69. The van der Waals surface area contributed by atoms with Gasteiger partial charge >= 0.3 is 0 Å². The Bertz CT molecular complexity index is 635. The molecule has 0 aromatic heterocycles. The molecule has 0 radical (unpaired) electrons. The van der Waals surface area contributed by atoms with Gasteiger partial charge in [-0.25, -0.2) is 0 Å². The molecule has 1 atom stereocenters. The number of hydrogen-bond acceptors (Lipinski definition) is 2. The third kappa shape index (κ3) is 5.10. The third-order valence-electron chi connectivity index (χ3n) is 3.64. The van der Waals surface area contributed by atoms with Crippen LogP contribution in [0.1, 0.15) is 42.2 Å². The monoisotopic (exact) mass is 375 g/mol. The van der Waals surface area contributed by atoms with Crippen molar-refractivity contribution in [3.8, 4) is 5.75 Å². The fraction of sp³-hybridized carbons (Fsp3) is 0.316. The van der Waals surface area contributed by atoms with Crippen LogP contribution in [-0.4, -0.2) is 13.0 Å². The molecular weight excluding hydrogens is 354 g/mol. The Morgan fingerprint density at radius 3 is 2.22 bits per heavy atom. The van der Waals surface area contributed by atoms with Gasteiger partial charge in [0.25, 0.3) is 5.91 Å². The summed E-state index contributed by atoms with van der Waals surface area (Å²) in [4.78, 5) is 12.5. The van der Waals surface area contributed by atoms with Gasteiger partial charge in [-0.1, -0.05) is 41.9 Å².